The molecule has 3 nitrogen and oxygen atoms in total. The fourth-order valence-electron chi connectivity index (χ4n) is 4.17. The number of fused-ring (bicyclic) bond motifs is 3. The minimum absolute atomic E-state index is 0.0825. The van der Waals surface area contributed by atoms with Crippen LogP contribution in [0.15, 0.2) is 64.5 Å². The Morgan fingerprint density at radius 2 is 1.79 bits per heavy atom. The van der Waals surface area contributed by atoms with Crippen LogP contribution in [-0.4, -0.2) is 15.3 Å². The number of hydrogen-bond acceptors (Lipinski definition) is 3. The van der Waals surface area contributed by atoms with Gasteiger partial charge < -0.3 is 0 Å². The van der Waals surface area contributed by atoms with Crippen molar-refractivity contribution in [1.82, 2.24) is 9.55 Å². The zero-order chi connectivity index (χ0) is 20.4. The van der Waals surface area contributed by atoms with Gasteiger partial charge in [0.25, 0.3) is 5.56 Å². The summed E-state index contributed by atoms with van der Waals surface area (Å²) < 4.78 is 1.83. The van der Waals surface area contributed by atoms with E-state index in [0.717, 1.165) is 59.1 Å². The van der Waals surface area contributed by atoms with Gasteiger partial charge in [-0.2, -0.15) is 0 Å². The van der Waals surface area contributed by atoms with Gasteiger partial charge in [0.1, 0.15) is 0 Å². The van der Waals surface area contributed by atoms with E-state index in [2.05, 4.69) is 39.0 Å². The average molecular weight is 405 g/mol. The molecule has 0 aliphatic heterocycles. The van der Waals surface area contributed by atoms with E-state index in [-0.39, 0.29) is 11.0 Å². The first-order valence-electron chi connectivity index (χ1n) is 10.5. The van der Waals surface area contributed by atoms with Crippen molar-refractivity contribution in [2.75, 3.05) is 5.75 Å². The summed E-state index contributed by atoms with van der Waals surface area (Å²) in [7, 11) is 0. The molecule has 4 heteroatoms. The van der Waals surface area contributed by atoms with Crippen molar-refractivity contribution in [2.24, 2.45) is 0 Å². The summed E-state index contributed by atoms with van der Waals surface area (Å²) in [4.78, 5) is 19.1. The summed E-state index contributed by atoms with van der Waals surface area (Å²) in [5.41, 5.74) is 4.91. The van der Waals surface area contributed by atoms with Crippen molar-refractivity contribution < 1.29 is 0 Å². The van der Waals surface area contributed by atoms with Crippen molar-refractivity contribution >= 4 is 11.8 Å². The summed E-state index contributed by atoms with van der Waals surface area (Å²) in [6, 6.07) is 18.4. The molecule has 1 aliphatic carbocycles. The van der Waals surface area contributed by atoms with Crippen molar-refractivity contribution in [1.29, 1.82) is 0 Å². The normalized spacial score (nSPS) is 17.6. The van der Waals surface area contributed by atoms with E-state index in [1.54, 1.807) is 11.8 Å². The van der Waals surface area contributed by atoms with Gasteiger partial charge in [-0.15, -0.1) is 0 Å². The Kier molecular flexibility index (Phi) is 5.64. The SMILES string of the molecule is CCCCSc1nc2c(c(=O)n1-c1ccccc1)[C@](C)(CC)Cc1ccccc1-2. The highest BCUT2D eigenvalue weighted by molar-refractivity contribution is 7.99. The van der Waals surface area contributed by atoms with Gasteiger partial charge in [0, 0.05) is 16.7 Å². The molecule has 0 unspecified atom stereocenters. The van der Waals surface area contributed by atoms with Crippen LogP contribution in [0.2, 0.25) is 0 Å². The molecule has 1 aromatic heterocycles. The number of unbranched alkanes of at least 4 members (excludes halogenated alkanes) is 1. The standard InChI is InChI=1S/C25H28N2OS/c1-4-6-16-29-24-26-22-20-15-11-10-12-18(20)17-25(3,5-2)21(22)23(28)27(24)19-13-8-7-9-14-19/h7-15H,4-6,16-17H2,1-3H3/t25-/m1/s1. The maximum Gasteiger partial charge on any atom is 0.263 e. The molecule has 0 radical (unpaired) electrons. The van der Waals surface area contributed by atoms with Crippen molar-refractivity contribution in [2.45, 2.75) is 57.0 Å². The lowest BCUT2D eigenvalue weighted by molar-refractivity contribution is 0.435. The summed E-state index contributed by atoms with van der Waals surface area (Å²) in [5.74, 6) is 0.960. The van der Waals surface area contributed by atoms with Crippen LogP contribution >= 0.6 is 11.8 Å². The van der Waals surface area contributed by atoms with Crippen LogP contribution in [-0.2, 0) is 11.8 Å². The quantitative estimate of drug-likeness (QED) is 0.286. The zero-order valence-corrected chi connectivity index (χ0v) is 18.3. The third-order valence-electron chi connectivity index (χ3n) is 6.03. The second-order valence-corrected chi connectivity index (χ2v) is 9.11. The smallest absolute Gasteiger partial charge is 0.263 e. The Balaban J connectivity index is 2.01. The van der Waals surface area contributed by atoms with Gasteiger partial charge in [0.15, 0.2) is 5.16 Å². The molecule has 0 fully saturated rings. The molecule has 0 amide bonds. The molecule has 1 atom stereocenters. The van der Waals surface area contributed by atoms with E-state index < -0.39 is 0 Å². The van der Waals surface area contributed by atoms with Crippen LogP contribution in [0.1, 0.15) is 51.2 Å². The largest absolute Gasteiger partial charge is 0.268 e. The highest BCUT2D eigenvalue weighted by atomic mass is 32.2. The van der Waals surface area contributed by atoms with E-state index in [9.17, 15) is 4.79 Å². The van der Waals surface area contributed by atoms with Crippen LogP contribution in [0, 0.1) is 0 Å². The highest BCUT2D eigenvalue weighted by Gasteiger charge is 2.38. The Morgan fingerprint density at radius 3 is 2.52 bits per heavy atom. The topological polar surface area (TPSA) is 34.9 Å². The van der Waals surface area contributed by atoms with Gasteiger partial charge in [-0.1, -0.05) is 81.4 Å². The van der Waals surface area contributed by atoms with Gasteiger partial charge >= 0.3 is 0 Å². The van der Waals surface area contributed by atoms with E-state index in [0.29, 0.717) is 0 Å². The van der Waals surface area contributed by atoms with Gasteiger partial charge in [-0.3, -0.25) is 9.36 Å². The molecule has 3 aromatic rings. The number of para-hydroxylation sites is 1. The third-order valence-corrected chi connectivity index (χ3v) is 7.06. The van der Waals surface area contributed by atoms with Crippen LogP contribution in [0.3, 0.4) is 0 Å². The highest BCUT2D eigenvalue weighted by Crippen LogP contribution is 2.43. The summed E-state index contributed by atoms with van der Waals surface area (Å²) >= 11 is 1.69. The van der Waals surface area contributed by atoms with Crippen molar-refractivity contribution in [3.05, 3.63) is 76.1 Å². The number of hydrogen-bond donors (Lipinski definition) is 0. The van der Waals surface area contributed by atoms with Gasteiger partial charge in [-0.05, 0) is 37.0 Å². The second kappa shape index (κ2) is 8.19. The Morgan fingerprint density at radius 1 is 1.07 bits per heavy atom. The van der Waals surface area contributed by atoms with Crippen LogP contribution in [0.4, 0.5) is 0 Å². The minimum Gasteiger partial charge on any atom is -0.268 e. The molecule has 0 N–H and O–H groups in total. The van der Waals surface area contributed by atoms with Crippen LogP contribution in [0.25, 0.3) is 16.9 Å². The molecular weight excluding hydrogens is 376 g/mol. The molecule has 1 aliphatic rings. The fourth-order valence-corrected chi connectivity index (χ4v) is 5.25. The van der Waals surface area contributed by atoms with Gasteiger partial charge in [0.05, 0.1) is 16.9 Å². The molecular formula is C25H28N2OS. The molecule has 0 saturated carbocycles. The summed E-state index contributed by atoms with van der Waals surface area (Å²) in [6.07, 6.45) is 4.02. The Bertz CT molecular complexity index is 1070. The van der Waals surface area contributed by atoms with E-state index in [1.807, 2.05) is 41.0 Å². The zero-order valence-electron chi connectivity index (χ0n) is 17.4. The molecule has 0 spiro atoms. The van der Waals surface area contributed by atoms with Crippen LogP contribution in [0.5, 0.6) is 0 Å². The molecule has 1 heterocycles. The molecule has 150 valence electrons. The maximum absolute atomic E-state index is 14.0. The first-order chi connectivity index (χ1) is 14.1. The minimum atomic E-state index is -0.211. The lowest BCUT2D eigenvalue weighted by Crippen LogP contribution is -2.39. The molecule has 4 rings (SSSR count). The molecule has 0 bridgehead atoms. The summed E-state index contributed by atoms with van der Waals surface area (Å²) in [5, 5.41) is 0.795. The lowest BCUT2D eigenvalue weighted by atomic mass is 9.69. The monoisotopic (exact) mass is 404 g/mol. The average Bonchev–Trinajstić information content (AvgIpc) is 2.74. The Hall–Kier alpha value is -2.33. The van der Waals surface area contributed by atoms with Crippen molar-refractivity contribution in [3.8, 4) is 16.9 Å². The number of nitrogens with zero attached hydrogens (tertiary/aromatic N) is 2. The molecule has 29 heavy (non-hydrogen) atoms. The lowest BCUT2D eigenvalue weighted by Gasteiger charge is -2.35. The van der Waals surface area contributed by atoms with Gasteiger partial charge in [0.2, 0.25) is 0 Å². The number of rotatable bonds is 6. The fraction of sp³-hybridized carbons (Fsp3) is 0.360. The predicted molar refractivity (Wildman–Crippen MR) is 122 cm³/mol. The van der Waals surface area contributed by atoms with Gasteiger partial charge in [-0.25, -0.2) is 4.98 Å². The maximum atomic E-state index is 14.0. The Labute approximate surface area is 177 Å². The second-order valence-electron chi connectivity index (χ2n) is 8.04. The first kappa shape index (κ1) is 20.0. The first-order valence-corrected chi connectivity index (χ1v) is 11.5. The van der Waals surface area contributed by atoms with E-state index in [4.69, 9.17) is 4.98 Å². The molecule has 0 saturated heterocycles. The van der Waals surface area contributed by atoms with E-state index in [1.165, 1.54) is 5.56 Å². The number of benzene rings is 2. The number of aromatic nitrogens is 2. The number of thioether (sulfide) groups is 1. The van der Waals surface area contributed by atoms with Crippen molar-refractivity contribution in [3.63, 3.8) is 0 Å². The van der Waals surface area contributed by atoms with Crippen LogP contribution < -0.4 is 5.56 Å². The summed E-state index contributed by atoms with van der Waals surface area (Å²) in [6.45, 7) is 6.58. The van der Waals surface area contributed by atoms with E-state index >= 15 is 0 Å². The molecule has 2 aromatic carbocycles. The predicted octanol–water partition coefficient (Wildman–Crippen LogP) is 6.02. The third kappa shape index (κ3) is 3.55.